The average molecular weight is 992 g/mol. The predicted octanol–water partition coefficient (Wildman–Crippen LogP) is 5.38. The number of carbonyl (C=O) groups excluding carboxylic acids is 6. The molecule has 0 unspecified atom stereocenters. The van der Waals surface area contributed by atoms with Crippen molar-refractivity contribution in [2.24, 2.45) is 16.7 Å². The van der Waals surface area contributed by atoms with E-state index in [1.807, 2.05) is 12.5 Å². The summed E-state index contributed by atoms with van der Waals surface area (Å²) in [5.74, 6) is -5.20. The molecule has 1 saturated heterocycles. The maximum atomic E-state index is 15.5. The SMILES string of the molecule is CC(=O)O[C@H]1C(=O)[C@@]2(C)[C@H]([C@H](OC(=O)c3ccccc3)[C@]3(O)C[C@H](OC(=O)[C@H](O)[C@@H](NC(=O)c4ccccc4)c4ccccc4)C(C)=C1C3(C)C)[C@]1(OC(C)=O)CO[C@@H]1C[C@@H]2O.CSCOCSC. The molecule has 372 valence electrons. The molecule has 4 aliphatic rings. The Morgan fingerprint density at radius 1 is 0.826 bits per heavy atom. The van der Waals surface area contributed by atoms with Crippen molar-refractivity contribution in [1.82, 2.24) is 5.32 Å². The zero-order valence-electron chi connectivity index (χ0n) is 39.9. The molecule has 0 radical (unpaired) electrons. The Morgan fingerprint density at radius 2 is 1.39 bits per heavy atom. The molecular formula is C51H61NO15S2. The number of thioether (sulfide) groups is 2. The fourth-order valence-corrected chi connectivity index (χ4v) is 11.0. The molecule has 2 saturated carbocycles. The third-order valence-electron chi connectivity index (χ3n) is 13.9. The largest absolute Gasteiger partial charge is 0.456 e. The fraction of sp³-hybridized carbons (Fsp3) is 0.490. The fourth-order valence-electron chi connectivity index (χ4n) is 10.4. The molecule has 11 atom stereocenters. The molecule has 2 bridgehead atoms. The zero-order chi connectivity index (χ0) is 50.5. The zero-order valence-corrected chi connectivity index (χ0v) is 41.5. The van der Waals surface area contributed by atoms with Crippen LogP contribution in [-0.4, -0.2) is 130 Å². The quantitative estimate of drug-likeness (QED) is 0.0522. The number of fused-ring (bicyclic) bond motifs is 5. The van der Waals surface area contributed by atoms with Crippen molar-refractivity contribution in [3.63, 3.8) is 0 Å². The van der Waals surface area contributed by atoms with Gasteiger partial charge in [-0.1, -0.05) is 80.6 Å². The van der Waals surface area contributed by atoms with Crippen LogP contribution in [0.4, 0.5) is 0 Å². The number of aliphatic hydroxyl groups excluding tert-OH is 2. The third kappa shape index (κ3) is 10.4. The lowest BCUT2D eigenvalue weighted by molar-refractivity contribution is -0.346. The Labute approximate surface area is 410 Å². The molecule has 1 amide bonds. The summed E-state index contributed by atoms with van der Waals surface area (Å²) < 4.78 is 35.3. The standard InChI is InChI=1S/C47H51NO14.C4H10OS2/c1-25-31(60-43(56)36(52)35(28-16-10-7-11-17-28)48-41(54)29-18-12-8-13-19-29)23-47(57)40(61-42(55)30-20-14-9-15-21-30)38-45(6,32(51)22-33-46(38,24-58-33)62-27(3)50)39(53)37(59-26(2)49)34(25)44(47,4)5;1-6-3-5-4-7-2/h7-21,31-33,35-38,40,51-52,57H,22-24H2,1-6H3,(H,48,54);3-4H2,1-2H3/t31-,32-,33+,35-,36+,37+,38-,40-,45+,46-,47+;/m0./s1. The Hall–Kier alpha value is -5.08. The normalized spacial score (nSPS) is 29.6. The van der Waals surface area contributed by atoms with Crippen LogP contribution in [0.25, 0.3) is 0 Å². The van der Waals surface area contributed by atoms with E-state index in [2.05, 4.69) is 5.32 Å². The number of hydrogen-bond donors (Lipinski definition) is 4. The molecule has 7 rings (SSSR count). The van der Waals surface area contributed by atoms with Crippen molar-refractivity contribution in [3.8, 4) is 0 Å². The van der Waals surface area contributed by atoms with Crippen LogP contribution in [0.3, 0.4) is 0 Å². The van der Waals surface area contributed by atoms with Gasteiger partial charge in [-0.05, 0) is 67.3 Å². The van der Waals surface area contributed by atoms with Crippen molar-refractivity contribution in [2.75, 3.05) is 31.0 Å². The van der Waals surface area contributed by atoms with Crippen molar-refractivity contribution in [2.45, 2.75) is 108 Å². The van der Waals surface area contributed by atoms with Crippen molar-refractivity contribution >= 4 is 59.1 Å². The number of amides is 1. The van der Waals surface area contributed by atoms with Gasteiger partial charge >= 0.3 is 23.9 Å². The monoisotopic (exact) mass is 991 g/mol. The lowest BCUT2D eigenvalue weighted by Crippen LogP contribution is -2.82. The van der Waals surface area contributed by atoms with E-state index >= 15 is 4.79 Å². The molecule has 16 nitrogen and oxygen atoms in total. The van der Waals surface area contributed by atoms with Crippen LogP contribution in [0.2, 0.25) is 0 Å². The van der Waals surface area contributed by atoms with Gasteiger partial charge in [0, 0.05) is 37.7 Å². The van der Waals surface area contributed by atoms with Crippen molar-refractivity contribution in [1.29, 1.82) is 0 Å². The number of aliphatic hydroxyl groups is 3. The summed E-state index contributed by atoms with van der Waals surface area (Å²) in [5, 5.41) is 40.2. The number of carbonyl (C=O) groups is 6. The highest BCUT2D eigenvalue weighted by molar-refractivity contribution is 7.99. The molecule has 0 spiro atoms. The second-order valence-corrected chi connectivity index (χ2v) is 20.0. The van der Waals surface area contributed by atoms with Gasteiger partial charge in [-0.2, -0.15) is 0 Å². The van der Waals surface area contributed by atoms with E-state index < -0.39 is 113 Å². The molecule has 3 fully saturated rings. The molecule has 1 heterocycles. The van der Waals surface area contributed by atoms with Crippen LogP contribution in [0.1, 0.15) is 86.7 Å². The number of Topliss-reactive ketones (excluding diaryl/α,β-unsaturated/α-hetero) is 1. The summed E-state index contributed by atoms with van der Waals surface area (Å²) in [5.41, 5.74) is -7.02. The highest BCUT2D eigenvalue weighted by atomic mass is 32.2. The first-order valence-corrected chi connectivity index (χ1v) is 25.2. The first-order valence-electron chi connectivity index (χ1n) is 22.4. The van der Waals surface area contributed by atoms with Crippen LogP contribution in [0.5, 0.6) is 0 Å². The van der Waals surface area contributed by atoms with E-state index in [1.54, 1.807) is 116 Å². The summed E-state index contributed by atoms with van der Waals surface area (Å²) in [6.07, 6.45) is -6.46. The summed E-state index contributed by atoms with van der Waals surface area (Å²) in [6, 6.07) is 22.9. The Morgan fingerprint density at radius 3 is 1.91 bits per heavy atom. The highest BCUT2D eigenvalue weighted by Crippen LogP contribution is 2.64. The summed E-state index contributed by atoms with van der Waals surface area (Å²) in [6.45, 7) is 7.97. The van der Waals surface area contributed by atoms with E-state index in [0.29, 0.717) is 5.56 Å². The smallest absolute Gasteiger partial charge is 0.338 e. The number of nitrogens with one attached hydrogen (secondary N) is 1. The minimum Gasteiger partial charge on any atom is -0.456 e. The Kier molecular flexibility index (Phi) is 16.9. The average Bonchev–Trinajstić information content (AvgIpc) is 3.32. The molecule has 18 heteroatoms. The van der Waals surface area contributed by atoms with Crippen LogP contribution >= 0.6 is 23.5 Å². The summed E-state index contributed by atoms with van der Waals surface area (Å²) >= 11 is 3.41. The molecule has 3 aromatic carbocycles. The van der Waals surface area contributed by atoms with E-state index in [-0.39, 0.29) is 35.3 Å². The first-order chi connectivity index (χ1) is 32.7. The molecule has 4 N–H and O–H groups in total. The topological polar surface area (TPSA) is 231 Å². The second-order valence-electron chi connectivity index (χ2n) is 18.4. The number of esters is 4. The van der Waals surface area contributed by atoms with E-state index in [1.165, 1.54) is 26.0 Å². The van der Waals surface area contributed by atoms with Gasteiger partial charge in [-0.15, -0.1) is 23.5 Å². The predicted molar refractivity (Wildman–Crippen MR) is 256 cm³/mol. The summed E-state index contributed by atoms with van der Waals surface area (Å²) in [7, 11) is 0. The minimum absolute atomic E-state index is 0.00289. The van der Waals surface area contributed by atoms with Gasteiger partial charge in [0.25, 0.3) is 5.91 Å². The molecule has 3 aliphatic carbocycles. The maximum absolute atomic E-state index is 15.5. The van der Waals surface area contributed by atoms with Crippen LogP contribution < -0.4 is 5.32 Å². The van der Waals surface area contributed by atoms with E-state index in [4.69, 9.17) is 28.4 Å². The highest BCUT2D eigenvalue weighted by Gasteiger charge is 2.78. The van der Waals surface area contributed by atoms with Crippen molar-refractivity contribution in [3.05, 3.63) is 119 Å². The van der Waals surface area contributed by atoms with Gasteiger partial charge in [0.15, 0.2) is 23.6 Å². The van der Waals surface area contributed by atoms with Gasteiger partial charge < -0.3 is 49.1 Å². The van der Waals surface area contributed by atoms with Crippen molar-refractivity contribution < 1.29 is 72.5 Å². The van der Waals surface area contributed by atoms with E-state index in [0.717, 1.165) is 25.7 Å². The minimum atomic E-state index is -2.39. The lowest BCUT2D eigenvalue weighted by atomic mass is 9.44. The van der Waals surface area contributed by atoms with Gasteiger partial charge in [0.05, 0.1) is 47.5 Å². The first kappa shape index (κ1) is 53.3. The lowest BCUT2D eigenvalue weighted by Gasteiger charge is -2.67. The Balaban J connectivity index is 0.00000104. The number of ether oxygens (including phenoxy) is 6. The van der Waals surface area contributed by atoms with Crippen LogP contribution in [-0.2, 0) is 47.6 Å². The third-order valence-corrected chi connectivity index (χ3v) is 14.7. The van der Waals surface area contributed by atoms with Gasteiger partial charge in [0.1, 0.15) is 23.9 Å². The number of rotatable bonds is 14. The number of hydrogen-bond acceptors (Lipinski definition) is 17. The molecule has 69 heavy (non-hydrogen) atoms. The second kappa shape index (κ2) is 21.9. The molecule has 0 aromatic heterocycles. The van der Waals surface area contributed by atoms with E-state index in [9.17, 15) is 39.3 Å². The molecule has 1 aliphatic heterocycles. The van der Waals surface area contributed by atoms with Gasteiger partial charge in [0.2, 0.25) is 0 Å². The number of benzene rings is 3. The van der Waals surface area contributed by atoms with Gasteiger partial charge in [-0.3, -0.25) is 19.2 Å². The van der Waals surface area contributed by atoms with Crippen LogP contribution in [0, 0.1) is 16.7 Å². The summed E-state index contributed by atoms with van der Waals surface area (Å²) in [4.78, 5) is 83.5. The Bertz CT molecular complexity index is 2380. The number of ketones is 1. The maximum Gasteiger partial charge on any atom is 0.338 e. The molecular weight excluding hydrogens is 931 g/mol. The van der Waals surface area contributed by atoms with Crippen LogP contribution in [0.15, 0.2) is 102 Å². The van der Waals surface area contributed by atoms with Gasteiger partial charge in [-0.25, -0.2) is 9.59 Å². The molecule has 3 aromatic rings.